The molecule has 0 spiro atoms. The minimum Gasteiger partial charge on any atom is -0.508 e. The molecule has 0 aliphatic carbocycles. The highest BCUT2D eigenvalue weighted by atomic mass is 35.5. The van der Waals surface area contributed by atoms with Gasteiger partial charge in [-0.2, -0.15) is 0 Å². The first kappa shape index (κ1) is 10.8. The van der Waals surface area contributed by atoms with E-state index in [4.69, 9.17) is 11.6 Å². The van der Waals surface area contributed by atoms with Gasteiger partial charge < -0.3 is 10.4 Å². The molecule has 82 valence electrons. The van der Waals surface area contributed by atoms with Crippen LogP contribution in [0, 0.1) is 0 Å². The van der Waals surface area contributed by atoms with E-state index < -0.39 is 0 Å². The van der Waals surface area contributed by atoms with Crippen molar-refractivity contribution in [2.75, 3.05) is 5.32 Å². The maximum atomic E-state index is 9.56. The van der Waals surface area contributed by atoms with Crippen molar-refractivity contribution in [3.05, 3.63) is 53.3 Å². The van der Waals surface area contributed by atoms with Crippen LogP contribution >= 0.6 is 11.6 Å². The Morgan fingerprint density at radius 2 is 2.00 bits per heavy atom. The molecular weight excluding hydrogens is 224 g/mol. The molecule has 4 heteroatoms. The predicted molar refractivity (Wildman–Crippen MR) is 64.7 cm³/mol. The number of phenols is 1. The van der Waals surface area contributed by atoms with Crippen LogP contribution in [0.4, 0.5) is 5.69 Å². The maximum Gasteiger partial charge on any atom is 0.129 e. The number of phenolic OH excluding ortho intramolecular Hbond substituents is 1. The highest BCUT2D eigenvalue weighted by Gasteiger charge is 1.99. The Bertz CT molecular complexity index is 471. The van der Waals surface area contributed by atoms with E-state index in [9.17, 15) is 5.11 Å². The number of halogens is 1. The zero-order valence-corrected chi connectivity index (χ0v) is 9.28. The van der Waals surface area contributed by atoms with Crippen LogP contribution in [0.2, 0.25) is 5.15 Å². The quantitative estimate of drug-likeness (QED) is 0.803. The minimum atomic E-state index is 0.289. The summed E-state index contributed by atoms with van der Waals surface area (Å²) >= 11 is 5.68. The van der Waals surface area contributed by atoms with Crippen molar-refractivity contribution < 1.29 is 5.11 Å². The zero-order chi connectivity index (χ0) is 11.4. The summed E-state index contributed by atoms with van der Waals surface area (Å²) in [5.41, 5.74) is 1.71. The SMILES string of the molecule is Oc1ccccc1CNc1ccc(Cl)nc1. The van der Waals surface area contributed by atoms with Gasteiger partial charge in [-0.25, -0.2) is 4.98 Å². The van der Waals surface area contributed by atoms with Crippen LogP contribution in [0.5, 0.6) is 5.75 Å². The Labute approximate surface area is 98.7 Å². The molecule has 0 aliphatic heterocycles. The molecule has 2 rings (SSSR count). The number of hydrogen-bond acceptors (Lipinski definition) is 3. The number of rotatable bonds is 3. The number of anilines is 1. The summed E-state index contributed by atoms with van der Waals surface area (Å²) in [5.74, 6) is 0.289. The van der Waals surface area contributed by atoms with Gasteiger partial charge in [0.25, 0.3) is 0 Å². The first-order chi connectivity index (χ1) is 7.75. The number of aromatic nitrogens is 1. The van der Waals surface area contributed by atoms with Gasteiger partial charge in [0, 0.05) is 12.1 Å². The standard InChI is InChI=1S/C12H11ClN2O/c13-12-6-5-10(8-15-12)14-7-9-3-1-2-4-11(9)16/h1-6,8,14,16H,7H2. The highest BCUT2D eigenvalue weighted by molar-refractivity contribution is 6.29. The van der Waals surface area contributed by atoms with E-state index in [0.29, 0.717) is 11.7 Å². The summed E-state index contributed by atoms with van der Waals surface area (Å²) in [6.45, 7) is 0.552. The Hall–Kier alpha value is -1.74. The molecule has 1 heterocycles. The second kappa shape index (κ2) is 4.86. The molecule has 0 atom stereocenters. The van der Waals surface area contributed by atoms with Crippen molar-refractivity contribution in [1.29, 1.82) is 0 Å². The van der Waals surface area contributed by atoms with E-state index in [1.165, 1.54) is 0 Å². The topological polar surface area (TPSA) is 45.1 Å². The average molecular weight is 235 g/mol. The van der Waals surface area contributed by atoms with Gasteiger partial charge >= 0.3 is 0 Å². The fraction of sp³-hybridized carbons (Fsp3) is 0.0833. The number of hydrogen-bond donors (Lipinski definition) is 2. The van der Waals surface area contributed by atoms with Crippen molar-refractivity contribution >= 4 is 17.3 Å². The monoisotopic (exact) mass is 234 g/mol. The van der Waals surface area contributed by atoms with Crippen LogP contribution in [0.15, 0.2) is 42.6 Å². The molecule has 0 unspecified atom stereocenters. The molecule has 1 aromatic carbocycles. The molecule has 2 aromatic rings. The molecule has 0 bridgehead atoms. The Morgan fingerprint density at radius 3 is 2.69 bits per heavy atom. The predicted octanol–water partition coefficient (Wildman–Crippen LogP) is 3.05. The normalized spacial score (nSPS) is 10.1. The minimum absolute atomic E-state index is 0.289. The van der Waals surface area contributed by atoms with Crippen molar-refractivity contribution in [1.82, 2.24) is 4.98 Å². The Kier molecular flexibility index (Phi) is 3.27. The van der Waals surface area contributed by atoms with Crippen molar-refractivity contribution in [2.45, 2.75) is 6.54 Å². The third kappa shape index (κ3) is 2.64. The summed E-state index contributed by atoms with van der Waals surface area (Å²) in [5, 5.41) is 13.2. The van der Waals surface area contributed by atoms with Gasteiger partial charge in [-0.15, -0.1) is 0 Å². The molecule has 0 radical (unpaired) electrons. The lowest BCUT2D eigenvalue weighted by molar-refractivity contribution is 0.469. The third-order valence-electron chi connectivity index (χ3n) is 2.20. The van der Waals surface area contributed by atoms with E-state index in [2.05, 4.69) is 10.3 Å². The molecule has 0 fully saturated rings. The van der Waals surface area contributed by atoms with Crippen LogP contribution in [0.3, 0.4) is 0 Å². The molecule has 0 saturated carbocycles. The van der Waals surface area contributed by atoms with Gasteiger partial charge in [0.1, 0.15) is 10.9 Å². The van der Waals surface area contributed by atoms with E-state index >= 15 is 0 Å². The van der Waals surface area contributed by atoms with Crippen LogP contribution < -0.4 is 5.32 Å². The van der Waals surface area contributed by atoms with Gasteiger partial charge in [-0.05, 0) is 18.2 Å². The molecule has 0 aliphatic rings. The number of pyridine rings is 1. The maximum absolute atomic E-state index is 9.56. The zero-order valence-electron chi connectivity index (χ0n) is 8.52. The van der Waals surface area contributed by atoms with Crippen LogP contribution in [-0.4, -0.2) is 10.1 Å². The molecule has 0 saturated heterocycles. The second-order valence-corrected chi connectivity index (χ2v) is 3.74. The average Bonchev–Trinajstić information content (AvgIpc) is 2.30. The second-order valence-electron chi connectivity index (χ2n) is 3.35. The Balaban J connectivity index is 2.02. The van der Waals surface area contributed by atoms with Gasteiger partial charge in [0.15, 0.2) is 0 Å². The van der Waals surface area contributed by atoms with Crippen molar-refractivity contribution in [2.24, 2.45) is 0 Å². The molecule has 1 aromatic heterocycles. The van der Waals surface area contributed by atoms with Gasteiger partial charge in [0.2, 0.25) is 0 Å². The van der Waals surface area contributed by atoms with E-state index in [1.807, 2.05) is 18.2 Å². The molecule has 2 N–H and O–H groups in total. The molecule has 3 nitrogen and oxygen atoms in total. The number of para-hydroxylation sites is 1. The summed E-state index contributed by atoms with van der Waals surface area (Å²) in [4.78, 5) is 3.95. The first-order valence-corrected chi connectivity index (χ1v) is 5.26. The van der Waals surface area contributed by atoms with E-state index in [-0.39, 0.29) is 5.75 Å². The number of nitrogens with one attached hydrogen (secondary N) is 1. The van der Waals surface area contributed by atoms with Crippen molar-refractivity contribution in [3.63, 3.8) is 0 Å². The number of nitrogens with zero attached hydrogens (tertiary/aromatic N) is 1. The number of aromatic hydroxyl groups is 1. The summed E-state index contributed by atoms with van der Waals surface area (Å²) in [7, 11) is 0. The summed E-state index contributed by atoms with van der Waals surface area (Å²) in [6.07, 6.45) is 1.66. The lowest BCUT2D eigenvalue weighted by Gasteiger charge is -2.07. The van der Waals surface area contributed by atoms with E-state index in [1.54, 1.807) is 24.4 Å². The molecule has 16 heavy (non-hydrogen) atoms. The van der Waals surface area contributed by atoms with Gasteiger partial charge in [0.05, 0.1) is 11.9 Å². The fourth-order valence-electron chi connectivity index (χ4n) is 1.34. The largest absolute Gasteiger partial charge is 0.508 e. The van der Waals surface area contributed by atoms with Crippen LogP contribution in [-0.2, 0) is 6.54 Å². The molecular formula is C12H11ClN2O. The van der Waals surface area contributed by atoms with Crippen LogP contribution in [0.1, 0.15) is 5.56 Å². The third-order valence-corrected chi connectivity index (χ3v) is 2.43. The smallest absolute Gasteiger partial charge is 0.129 e. The first-order valence-electron chi connectivity index (χ1n) is 4.88. The number of benzene rings is 1. The van der Waals surface area contributed by atoms with E-state index in [0.717, 1.165) is 11.3 Å². The highest BCUT2D eigenvalue weighted by Crippen LogP contribution is 2.17. The molecule has 0 amide bonds. The summed E-state index contributed by atoms with van der Waals surface area (Å²) < 4.78 is 0. The van der Waals surface area contributed by atoms with Gasteiger partial charge in [-0.3, -0.25) is 0 Å². The van der Waals surface area contributed by atoms with Gasteiger partial charge in [-0.1, -0.05) is 29.8 Å². The fourth-order valence-corrected chi connectivity index (χ4v) is 1.45. The van der Waals surface area contributed by atoms with Crippen molar-refractivity contribution in [3.8, 4) is 5.75 Å². The lowest BCUT2D eigenvalue weighted by Crippen LogP contribution is -1.99. The van der Waals surface area contributed by atoms with Crippen LogP contribution in [0.25, 0.3) is 0 Å². The lowest BCUT2D eigenvalue weighted by atomic mass is 10.2. The summed E-state index contributed by atoms with van der Waals surface area (Å²) in [6, 6.07) is 10.8. The Morgan fingerprint density at radius 1 is 1.19 bits per heavy atom.